The van der Waals surface area contributed by atoms with Gasteiger partial charge in [0.2, 0.25) is 5.91 Å². The second kappa shape index (κ2) is 11.0. The van der Waals surface area contributed by atoms with E-state index in [2.05, 4.69) is 34.9 Å². The van der Waals surface area contributed by atoms with E-state index >= 15 is 0 Å². The minimum atomic E-state index is -0.849. The van der Waals surface area contributed by atoms with Crippen molar-refractivity contribution in [1.29, 1.82) is 0 Å². The number of fused-ring (bicyclic) bond motifs is 3. The predicted molar refractivity (Wildman–Crippen MR) is 126 cm³/mol. The summed E-state index contributed by atoms with van der Waals surface area (Å²) in [4.78, 5) is 36.0. The molecule has 0 aliphatic heterocycles. The summed E-state index contributed by atoms with van der Waals surface area (Å²) in [6.07, 6.45) is 0.390. The number of aliphatic carboxylic acids is 1. The molecule has 0 fully saturated rings. The molecule has 176 valence electrons. The number of amides is 2. The van der Waals surface area contributed by atoms with E-state index in [1.54, 1.807) is 6.92 Å². The monoisotopic (exact) mass is 452 g/mol. The zero-order valence-electron chi connectivity index (χ0n) is 19.3. The van der Waals surface area contributed by atoms with Crippen molar-refractivity contribution in [2.24, 2.45) is 11.8 Å². The number of carboxylic acids is 1. The van der Waals surface area contributed by atoms with E-state index in [0.717, 1.165) is 22.3 Å². The highest BCUT2D eigenvalue weighted by Gasteiger charge is 2.30. The summed E-state index contributed by atoms with van der Waals surface area (Å²) in [6, 6.07) is 15.5. The second-order valence-corrected chi connectivity index (χ2v) is 8.86. The average molecular weight is 453 g/mol. The standard InChI is InChI=1S/C26H32N2O5/c1-16(2)23(24(29)27-14-8-9-17(3)25(30)31)28-26(32)33-15-22-20-12-6-4-10-18(20)19-11-5-7-13-21(19)22/h4-7,10-13,16-17,22-23H,8-9,14-15H2,1-3H3,(H,27,29)(H,28,32)(H,30,31)/t17?,23-/m1/s1. The molecule has 2 atom stereocenters. The first kappa shape index (κ1) is 24.3. The van der Waals surface area contributed by atoms with Crippen molar-refractivity contribution < 1.29 is 24.2 Å². The Kier molecular flexibility index (Phi) is 8.09. The molecule has 2 aromatic rings. The van der Waals surface area contributed by atoms with Crippen LogP contribution in [0.5, 0.6) is 0 Å². The molecule has 33 heavy (non-hydrogen) atoms. The third kappa shape index (κ3) is 5.92. The van der Waals surface area contributed by atoms with Crippen LogP contribution in [0, 0.1) is 11.8 Å². The highest BCUT2D eigenvalue weighted by atomic mass is 16.5. The van der Waals surface area contributed by atoms with Crippen LogP contribution in [0.25, 0.3) is 11.1 Å². The average Bonchev–Trinajstić information content (AvgIpc) is 3.12. The van der Waals surface area contributed by atoms with Crippen LogP contribution in [-0.2, 0) is 14.3 Å². The highest BCUT2D eigenvalue weighted by Crippen LogP contribution is 2.44. The number of hydrogen-bond donors (Lipinski definition) is 3. The van der Waals surface area contributed by atoms with Crippen LogP contribution in [0.15, 0.2) is 48.5 Å². The van der Waals surface area contributed by atoms with Crippen molar-refractivity contribution >= 4 is 18.0 Å². The molecule has 1 aliphatic carbocycles. The smallest absolute Gasteiger partial charge is 0.407 e. The molecule has 3 N–H and O–H groups in total. The number of nitrogens with one attached hydrogen (secondary N) is 2. The molecular weight excluding hydrogens is 420 g/mol. The van der Waals surface area contributed by atoms with Gasteiger partial charge in [-0.25, -0.2) is 4.79 Å². The Balaban J connectivity index is 1.54. The topological polar surface area (TPSA) is 105 Å². The van der Waals surface area contributed by atoms with Gasteiger partial charge in [-0.15, -0.1) is 0 Å². The lowest BCUT2D eigenvalue weighted by molar-refractivity contribution is -0.141. The van der Waals surface area contributed by atoms with Gasteiger partial charge in [-0.2, -0.15) is 0 Å². The molecule has 1 unspecified atom stereocenters. The quantitative estimate of drug-likeness (QED) is 0.470. The summed E-state index contributed by atoms with van der Waals surface area (Å²) in [5.74, 6) is -1.80. The number of alkyl carbamates (subject to hydrolysis) is 1. The molecular formula is C26H32N2O5. The fourth-order valence-electron chi connectivity index (χ4n) is 4.16. The van der Waals surface area contributed by atoms with E-state index < -0.39 is 24.0 Å². The summed E-state index contributed by atoms with van der Waals surface area (Å²) in [5, 5.41) is 14.4. The van der Waals surface area contributed by atoms with Crippen molar-refractivity contribution in [2.45, 2.75) is 45.6 Å². The molecule has 0 spiro atoms. The molecule has 0 heterocycles. The maximum Gasteiger partial charge on any atom is 0.407 e. The Bertz CT molecular complexity index is 958. The number of carboxylic acid groups (broad SMARTS) is 1. The lowest BCUT2D eigenvalue weighted by Gasteiger charge is -2.22. The van der Waals surface area contributed by atoms with E-state index in [9.17, 15) is 14.4 Å². The van der Waals surface area contributed by atoms with Crippen LogP contribution in [0.4, 0.5) is 4.79 Å². The van der Waals surface area contributed by atoms with Crippen molar-refractivity contribution in [3.8, 4) is 11.1 Å². The number of benzene rings is 2. The zero-order chi connectivity index (χ0) is 24.0. The molecule has 1 aliphatic rings. The van der Waals surface area contributed by atoms with Crippen LogP contribution in [0.2, 0.25) is 0 Å². The fourth-order valence-corrected chi connectivity index (χ4v) is 4.16. The molecule has 7 heteroatoms. The van der Waals surface area contributed by atoms with E-state index in [0.29, 0.717) is 19.4 Å². The first-order valence-corrected chi connectivity index (χ1v) is 11.4. The zero-order valence-corrected chi connectivity index (χ0v) is 19.3. The lowest BCUT2D eigenvalue weighted by atomic mass is 9.98. The fraction of sp³-hybridized carbons (Fsp3) is 0.423. The van der Waals surface area contributed by atoms with Gasteiger partial charge < -0.3 is 20.5 Å². The van der Waals surface area contributed by atoms with Crippen molar-refractivity contribution in [3.63, 3.8) is 0 Å². The summed E-state index contributed by atoms with van der Waals surface area (Å²) in [6.45, 7) is 5.87. The molecule has 3 rings (SSSR count). The first-order valence-electron chi connectivity index (χ1n) is 11.4. The Labute approximate surface area is 194 Å². The van der Waals surface area contributed by atoms with Crippen LogP contribution in [0.3, 0.4) is 0 Å². The molecule has 0 saturated heterocycles. The normalized spacial score (nSPS) is 14.2. The van der Waals surface area contributed by atoms with E-state index in [1.165, 1.54) is 0 Å². The van der Waals surface area contributed by atoms with Crippen LogP contribution >= 0.6 is 0 Å². The summed E-state index contributed by atoms with van der Waals surface area (Å²) < 4.78 is 5.56. The van der Waals surface area contributed by atoms with Gasteiger partial charge in [-0.05, 0) is 41.0 Å². The van der Waals surface area contributed by atoms with Crippen molar-refractivity contribution in [1.82, 2.24) is 10.6 Å². The maximum atomic E-state index is 12.6. The molecule has 0 radical (unpaired) electrons. The van der Waals surface area contributed by atoms with Gasteiger partial charge in [0.25, 0.3) is 0 Å². The van der Waals surface area contributed by atoms with Gasteiger partial charge in [0.05, 0.1) is 5.92 Å². The molecule has 2 aromatic carbocycles. The van der Waals surface area contributed by atoms with E-state index in [-0.39, 0.29) is 24.3 Å². The molecule has 0 saturated carbocycles. The van der Waals surface area contributed by atoms with Crippen molar-refractivity contribution in [3.05, 3.63) is 59.7 Å². The van der Waals surface area contributed by atoms with Crippen LogP contribution < -0.4 is 10.6 Å². The van der Waals surface area contributed by atoms with Gasteiger partial charge in [0.15, 0.2) is 0 Å². The Morgan fingerprint density at radius 1 is 0.970 bits per heavy atom. The number of hydrogen-bond acceptors (Lipinski definition) is 4. The Hall–Kier alpha value is -3.35. The highest BCUT2D eigenvalue weighted by molar-refractivity contribution is 5.86. The SMILES string of the molecule is CC(CCCNC(=O)[C@H](NC(=O)OCC1c2ccccc2-c2ccccc21)C(C)C)C(=O)O. The third-order valence-electron chi connectivity index (χ3n) is 6.10. The number of ether oxygens (including phenoxy) is 1. The maximum absolute atomic E-state index is 12.6. The third-order valence-corrected chi connectivity index (χ3v) is 6.10. The van der Waals surface area contributed by atoms with E-state index in [4.69, 9.17) is 9.84 Å². The summed E-state index contributed by atoms with van der Waals surface area (Å²) in [5.41, 5.74) is 4.55. The molecule has 0 aromatic heterocycles. The molecule has 2 amide bonds. The lowest BCUT2D eigenvalue weighted by Crippen LogP contribution is -2.50. The minimum Gasteiger partial charge on any atom is -0.481 e. The minimum absolute atomic E-state index is 0.0503. The number of carbonyl (C=O) groups is 3. The Morgan fingerprint density at radius 3 is 2.09 bits per heavy atom. The van der Waals surface area contributed by atoms with Gasteiger partial charge in [0.1, 0.15) is 12.6 Å². The first-order chi connectivity index (χ1) is 15.8. The van der Waals surface area contributed by atoms with Gasteiger partial charge in [-0.3, -0.25) is 9.59 Å². The van der Waals surface area contributed by atoms with Crippen LogP contribution in [-0.4, -0.2) is 42.3 Å². The Morgan fingerprint density at radius 2 is 1.55 bits per heavy atom. The van der Waals surface area contributed by atoms with Crippen molar-refractivity contribution in [2.75, 3.05) is 13.2 Å². The predicted octanol–water partition coefficient (Wildman–Crippen LogP) is 4.17. The molecule has 0 bridgehead atoms. The summed E-state index contributed by atoms with van der Waals surface area (Å²) >= 11 is 0. The summed E-state index contributed by atoms with van der Waals surface area (Å²) in [7, 11) is 0. The second-order valence-electron chi connectivity index (χ2n) is 8.86. The number of carbonyl (C=O) groups excluding carboxylic acids is 2. The number of rotatable bonds is 10. The van der Waals surface area contributed by atoms with Gasteiger partial charge in [-0.1, -0.05) is 69.3 Å². The van der Waals surface area contributed by atoms with E-state index in [1.807, 2.05) is 38.1 Å². The van der Waals surface area contributed by atoms with Gasteiger partial charge in [0, 0.05) is 12.5 Å². The van der Waals surface area contributed by atoms with Gasteiger partial charge >= 0.3 is 12.1 Å². The van der Waals surface area contributed by atoms with Crippen LogP contribution in [0.1, 0.15) is 50.7 Å². The largest absolute Gasteiger partial charge is 0.481 e. The molecule has 7 nitrogen and oxygen atoms in total.